The van der Waals surface area contributed by atoms with Crippen LogP contribution in [0.5, 0.6) is 17.2 Å². The minimum Gasteiger partial charge on any atom is -0.508 e. The number of nitrogens with one attached hydrogen (secondary N) is 1. The second-order valence-electron chi connectivity index (χ2n) is 20.5. The summed E-state index contributed by atoms with van der Waals surface area (Å²) in [6.45, 7) is 4.84. The third-order valence-electron chi connectivity index (χ3n) is 16.9. The highest BCUT2D eigenvalue weighted by molar-refractivity contribution is 5.93. The van der Waals surface area contributed by atoms with Crippen LogP contribution in [0, 0.1) is 11.8 Å². The molecule has 2 aromatic carbocycles. The average molecular weight is 925 g/mol. The zero-order chi connectivity index (χ0) is 47.4. The predicted molar refractivity (Wildman–Crippen MR) is 254 cm³/mol. The van der Waals surface area contributed by atoms with E-state index in [4.69, 9.17) is 29.6 Å². The molecule has 0 spiro atoms. The van der Waals surface area contributed by atoms with Crippen LogP contribution in [0.15, 0.2) is 63.6 Å². The summed E-state index contributed by atoms with van der Waals surface area (Å²) in [6.07, 6.45) is 11.3. The first kappa shape index (κ1) is 44.5. The third kappa shape index (κ3) is 6.83. The maximum Gasteiger partial charge on any atom is 0.337 e. The fraction of sp³-hybridized carbons (Fsp3) is 0.481. The van der Waals surface area contributed by atoms with E-state index in [2.05, 4.69) is 12.2 Å². The molecule has 3 aliphatic carbocycles. The molecule has 3 aromatic heterocycles. The van der Waals surface area contributed by atoms with Gasteiger partial charge < -0.3 is 50.5 Å². The molecule has 3 aliphatic heterocycles. The molecule has 6 aliphatic rings. The predicted octanol–water partition coefficient (Wildman–Crippen LogP) is 7.04. The lowest BCUT2D eigenvalue weighted by atomic mass is 9.62. The van der Waals surface area contributed by atoms with E-state index in [1.54, 1.807) is 31.3 Å². The van der Waals surface area contributed by atoms with E-state index in [1.165, 1.54) is 11.1 Å². The second-order valence-corrected chi connectivity index (χ2v) is 20.5. The first-order valence-corrected chi connectivity index (χ1v) is 24.4. The normalized spacial score (nSPS) is 27.9. The summed E-state index contributed by atoms with van der Waals surface area (Å²) < 4.78 is 21.0. The van der Waals surface area contributed by atoms with E-state index in [1.807, 2.05) is 25.3 Å². The topological polar surface area (TPSA) is 231 Å². The van der Waals surface area contributed by atoms with Gasteiger partial charge in [-0.15, -0.1) is 0 Å². The lowest BCUT2D eigenvalue weighted by Crippen LogP contribution is -2.59. The number of carbonyl (C=O) groups excluding carboxylic acids is 1. The molecule has 0 radical (unpaired) electrons. The van der Waals surface area contributed by atoms with Gasteiger partial charge in [-0.1, -0.05) is 25.0 Å². The van der Waals surface area contributed by atoms with Crippen molar-refractivity contribution < 1.29 is 44.2 Å². The van der Waals surface area contributed by atoms with E-state index in [9.17, 15) is 35.1 Å². The molecule has 11 rings (SSSR count). The Bertz CT molecular complexity index is 2980. The Hall–Kier alpha value is -5.96. The fourth-order valence-corrected chi connectivity index (χ4v) is 13.7. The summed E-state index contributed by atoms with van der Waals surface area (Å²) in [5, 5.41) is 61.4. The van der Waals surface area contributed by atoms with E-state index in [-0.39, 0.29) is 63.7 Å². The summed E-state index contributed by atoms with van der Waals surface area (Å²) in [5.41, 5.74) is 11.2. The Morgan fingerprint density at radius 1 is 0.971 bits per heavy atom. The lowest BCUT2D eigenvalue weighted by Gasteiger charge is -2.51. The molecular weight excluding hydrogens is 865 g/mol. The smallest absolute Gasteiger partial charge is 0.337 e. The number of ether oxygens (including phenoxy) is 2. The summed E-state index contributed by atoms with van der Waals surface area (Å²) >= 11 is 0. The SMILES string of the molecule is CC=C(C(=O)OC1Cc2c3c(c4oc(CO)cc(=O)c4c2O)C2c4ccnc(N)c4C(CCc4ccc(O)cc4C2CO)C2CCc4c(cnc5c4CCC(C)N5)CC2C1(C)O3)C1(O)CCCC1. The second kappa shape index (κ2) is 16.6. The highest BCUT2D eigenvalue weighted by Crippen LogP contribution is 2.60. The molecule has 8 N–H and O–H groups in total. The Morgan fingerprint density at radius 2 is 1.76 bits per heavy atom. The molecule has 356 valence electrons. The number of aromatic nitrogens is 2. The molecule has 5 aromatic rings. The fourth-order valence-electron chi connectivity index (χ4n) is 13.7. The number of nitrogens with two attached hydrogens (primary N) is 1. The average Bonchev–Trinajstić information content (AvgIpc) is 3.68. The number of nitrogens with zero attached hydrogens (tertiary/aromatic N) is 2. The quantitative estimate of drug-likeness (QED) is 0.0693. The van der Waals surface area contributed by atoms with Gasteiger partial charge in [-0.25, -0.2) is 14.8 Å². The molecule has 1 saturated carbocycles. The van der Waals surface area contributed by atoms with E-state index in [0.717, 1.165) is 66.2 Å². The van der Waals surface area contributed by atoms with Gasteiger partial charge in [-0.05, 0) is 142 Å². The Balaban J connectivity index is 1.25. The lowest BCUT2D eigenvalue weighted by molar-refractivity contribution is -0.170. The number of nitrogen functional groups attached to an aromatic ring is 1. The van der Waals surface area contributed by atoms with Gasteiger partial charge in [-0.2, -0.15) is 0 Å². The van der Waals surface area contributed by atoms with Crippen molar-refractivity contribution in [3.8, 4) is 17.2 Å². The van der Waals surface area contributed by atoms with Crippen LogP contribution < -0.4 is 21.2 Å². The molecule has 8 unspecified atom stereocenters. The molecular formula is C54H60N4O10. The molecule has 14 nitrogen and oxygen atoms in total. The van der Waals surface area contributed by atoms with Crippen molar-refractivity contribution in [2.75, 3.05) is 17.7 Å². The highest BCUT2D eigenvalue weighted by atomic mass is 16.6. The molecule has 6 heterocycles. The van der Waals surface area contributed by atoms with Gasteiger partial charge in [0.2, 0.25) is 0 Å². The van der Waals surface area contributed by atoms with Gasteiger partial charge in [0.05, 0.1) is 17.8 Å². The monoisotopic (exact) mass is 924 g/mol. The number of benzene rings is 2. The molecule has 8 atom stereocenters. The van der Waals surface area contributed by atoms with E-state index < -0.39 is 65.4 Å². The number of hydrogen-bond donors (Lipinski definition) is 7. The van der Waals surface area contributed by atoms with Gasteiger partial charge in [0.25, 0.3) is 0 Å². The molecule has 1 fully saturated rings. The Morgan fingerprint density at radius 3 is 2.53 bits per heavy atom. The van der Waals surface area contributed by atoms with Crippen molar-refractivity contribution in [1.82, 2.24) is 9.97 Å². The number of allylic oxidation sites excluding steroid dienone is 1. The summed E-state index contributed by atoms with van der Waals surface area (Å²) in [7, 11) is 0. The molecule has 0 saturated heterocycles. The van der Waals surface area contributed by atoms with Crippen molar-refractivity contribution in [3.63, 3.8) is 0 Å². The zero-order valence-electron chi connectivity index (χ0n) is 38.8. The molecule has 14 heteroatoms. The largest absolute Gasteiger partial charge is 0.508 e. The van der Waals surface area contributed by atoms with Crippen LogP contribution in [-0.2, 0) is 48.2 Å². The number of aliphatic hydroxyl groups is 3. The number of phenols is 2. The number of fused-ring (bicyclic) bond motifs is 11. The van der Waals surface area contributed by atoms with Crippen molar-refractivity contribution in [1.29, 1.82) is 0 Å². The summed E-state index contributed by atoms with van der Waals surface area (Å²) in [6, 6.07) is 8.59. The molecule has 0 amide bonds. The number of aryl methyl sites for hydroxylation is 1. The Kier molecular flexibility index (Phi) is 10.9. The highest BCUT2D eigenvalue weighted by Gasteiger charge is 2.57. The number of pyridine rings is 2. The van der Waals surface area contributed by atoms with Gasteiger partial charge in [-0.3, -0.25) is 4.79 Å². The number of aliphatic hydroxyl groups excluding tert-OH is 2. The van der Waals surface area contributed by atoms with E-state index in [0.29, 0.717) is 55.5 Å². The van der Waals surface area contributed by atoms with Crippen LogP contribution in [0.1, 0.15) is 139 Å². The van der Waals surface area contributed by atoms with E-state index >= 15 is 0 Å². The van der Waals surface area contributed by atoms with Crippen LogP contribution in [0.2, 0.25) is 0 Å². The van der Waals surface area contributed by atoms with Crippen molar-refractivity contribution in [2.24, 2.45) is 11.8 Å². The maximum absolute atomic E-state index is 14.8. The van der Waals surface area contributed by atoms with Crippen LogP contribution in [-0.4, -0.2) is 71.4 Å². The number of carbonyl (C=O) groups is 1. The number of esters is 1. The third-order valence-corrected chi connectivity index (χ3v) is 16.9. The number of hydrogen-bond acceptors (Lipinski definition) is 14. The Labute approximate surface area is 394 Å². The number of anilines is 2. The molecule has 4 bridgehead atoms. The van der Waals surface area contributed by atoms with Crippen LogP contribution in [0.25, 0.3) is 11.0 Å². The van der Waals surface area contributed by atoms with Gasteiger partial charge in [0.15, 0.2) is 5.43 Å². The summed E-state index contributed by atoms with van der Waals surface area (Å²) in [4.78, 5) is 39.0. The minimum atomic E-state index is -1.37. The maximum atomic E-state index is 14.8. The number of rotatable bonds is 5. The van der Waals surface area contributed by atoms with Crippen LogP contribution in [0.4, 0.5) is 11.6 Å². The first-order valence-electron chi connectivity index (χ1n) is 24.4. The van der Waals surface area contributed by atoms with Gasteiger partial charge in [0.1, 0.15) is 63.9 Å². The standard InChI is InChI=1S/C54H60N4O10/c1-4-39(54(65)16-5-6-17-54)52(64)67-42-22-37-47(63)45-41(62)21-30(24-59)66-49(45)46-43-35-15-18-56-50(55)44(35)33(12-9-27-8-10-29(61)20-36(27)38(43)25-60)32-14-13-31-28(19-40(32)53(42,3)68-48(37)46)23-57-51-34(31)11-7-26(2)58-51/h4,8,10,15,18,20-21,23,26,32-33,38,40,42-43,59-61,63,65H,5-7,9,11-14,16-17,19,22,24-25H2,1-3H3,(H2,55,56)(H,57,58). The van der Waals surface area contributed by atoms with Crippen molar-refractivity contribution >= 4 is 28.6 Å². The van der Waals surface area contributed by atoms with Gasteiger partial charge >= 0.3 is 5.97 Å². The van der Waals surface area contributed by atoms with Crippen molar-refractivity contribution in [2.45, 2.75) is 146 Å². The van der Waals surface area contributed by atoms with Crippen LogP contribution >= 0.6 is 0 Å². The molecule has 68 heavy (non-hydrogen) atoms. The minimum absolute atomic E-state index is 0.0147. The summed E-state index contributed by atoms with van der Waals surface area (Å²) in [5.74, 6) is -2.31. The van der Waals surface area contributed by atoms with Crippen molar-refractivity contribution in [3.05, 3.63) is 120 Å². The first-order chi connectivity index (χ1) is 32.8. The number of aromatic hydroxyl groups is 2. The van der Waals surface area contributed by atoms with Gasteiger partial charge in [0, 0.05) is 65.4 Å². The zero-order valence-corrected chi connectivity index (χ0v) is 38.8. The number of phenolic OH excluding ortho intramolecular Hbond substituents is 2. The van der Waals surface area contributed by atoms with Crippen LogP contribution in [0.3, 0.4) is 0 Å².